The molecule has 0 spiro atoms. The average Bonchev–Trinajstić information content (AvgIpc) is 3.08. The number of urea groups is 1. The molecule has 4 aliphatic heterocycles. The van der Waals surface area contributed by atoms with Gasteiger partial charge in [0.15, 0.2) is 0 Å². The highest BCUT2D eigenvalue weighted by Gasteiger charge is 2.36. The number of benzene rings is 2. The van der Waals surface area contributed by atoms with Gasteiger partial charge in [-0.2, -0.15) is 0 Å². The summed E-state index contributed by atoms with van der Waals surface area (Å²) in [4.78, 5) is 51.6. The second-order valence-electron chi connectivity index (χ2n) is 13.4. The summed E-state index contributed by atoms with van der Waals surface area (Å²) >= 11 is 0. The zero-order chi connectivity index (χ0) is 32.0. The van der Waals surface area contributed by atoms with Crippen molar-refractivity contribution in [2.75, 3.05) is 71.3 Å². The van der Waals surface area contributed by atoms with Crippen molar-refractivity contribution in [1.82, 2.24) is 24.5 Å². The fourth-order valence-corrected chi connectivity index (χ4v) is 7.64. The van der Waals surface area contributed by atoms with E-state index < -0.39 is 5.92 Å². The van der Waals surface area contributed by atoms with Gasteiger partial charge in [0.25, 0.3) is 0 Å². The maximum Gasteiger partial charge on any atom is 0.322 e. The largest absolute Gasteiger partial charge is 0.494 e. The lowest BCUT2D eigenvalue weighted by Crippen LogP contribution is -2.54. The minimum Gasteiger partial charge on any atom is -0.494 e. The lowest BCUT2D eigenvalue weighted by atomic mass is 9.91. The molecule has 0 aromatic heterocycles. The summed E-state index contributed by atoms with van der Waals surface area (Å²) in [7, 11) is 2.18. The van der Waals surface area contributed by atoms with E-state index in [1.54, 1.807) is 0 Å². The molecule has 1 unspecified atom stereocenters. The molecule has 4 aliphatic rings. The van der Waals surface area contributed by atoms with Crippen LogP contribution in [-0.2, 0) is 22.6 Å². The molecule has 2 aromatic carbocycles. The number of carbonyl (C=O) groups excluding carboxylic acids is 3. The lowest BCUT2D eigenvalue weighted by molar-refractivity contribution is -0.143. The average molecular weight is 631 g/mol. The summed E-state index contributed by atoms with van der Waals surface area (Å²) in [6.07, 6.45) is 4.13. The number of rotatable bonds is 9. The van der Waals surface area contributed by atoms with E-state index in [1.807, 2.05) is 64.1 Å². The number of likely N-dealkylation sites (N-methyl/N-ethyl adjacent to an activating group) is 1. The highest BCUT2D eigenvalue weighted by atomic mass is 16.5. The van der Waals surface area contributed by atoms with E-state index in [0.29, 0.717) is 38.7 Å². The lowest BCUT2D eigenvalue weighted by Gasteiger charge is -2.43. The van der Waals surface area contributed by atoms with Crippen LogP contribution in [-0.4, -0.2) is 120 Å². The first-order valence-electron chi connectivity index (χ1n) is 17.2. The Hall–Kier alpha value is -3.63. The molecule has 0 bridgehead atoms. The predicted octanol–water partition coefficient (Wildman–Crippen LogP) is 3.91. The molecule has 10 heteroatoms. The van der Waals surface area contributed by atoms with Gasteiger partial charge < -0.3 is 29.7 Å². The van der Waals surface area contributed by atoms with Crippen LogP contribution in [0.25, 0.3) is 0 Å². The third-order valence-corrected chi connectivity index (χ3v) is 10.4. The Bertz CT molecular complexity index is 1360. The first-order chi connectivity index (χ1) is 22.4. The normalized spacial score (nSPS) is 21.1. The molecule has 3 saturated heterocycles. The van der Waals surface area contributed by atoms with Crippen LogP contribution in [0.4, 0.5) is 10.5 Å². The van der Waals surface area contributed by atoms with E-state index in [-0.39, 0.29) is 30.3 Å². The van der Waals surface area contributed by atoms with Crippen LogP contribution < -0.4 is 10.1 Å². The monoisotopic (exact) mass is 630 g/mol. The number of nitrogens with one attached hydrogen (secondary N) is 1. The van der Waals surface area contributed by atoms with Crippen molar-refractivity contribution >= 4 is 23.5 Å². The summed E-state index contributed by atoms with van der Waals surface area (Å²) in [6.45, 7) is 10.2. The number of hydrogen-bond acceptors (Lipinski definition) is 6. The summed E-state index contributed by atoms with van der Waals surface area (Å²) in [5, 5.41) is 3.02. The number of piperidine rings is 2. The smallest absolute Gasteiger partial charge is 0.322 e. The van der Waals surface area contributed by atoms with Crippen LogP contribution in [0, 0.1) is 5.92 Å². The Kier molecular flexibility index (Phi) is 10.4. The topological polar surface area (TPSA) is 88.7 Å². The molecule has 4 amide bonds. The van der Waals surface area contributed by atoms with Crippen LogP contribution in [0.15, 0.2) is 48.5 Å². The van der Waals surface area contributed by atoms with Gasteiger partial charge in [-0.25, -0.2) is 4.79 Å². The minimum absolute atomic E-state index is 0.0264. The van der Waals surface area contributed by atoms with E-state index >= 15 is 0 Å². The van der Waals surface area contributed by atoms with Crippen molar-refractivity contribution in [2.45, 2.75) is 64.1 Å². The van der Waals surface area contributed by atoms with Gasteiger partial charge in [-0.05, 0) is 75.4 Å². The summed E-state index contributed by atoms with van der Waals surface area (Å²) in [6, 6.07) is 16.4. The SMILES string of the molecule is CCOc1cccc(CC(CC(=O)N2CCC(N3Cc4ccccc4NC3=O)CC2)C(=O)N2CCC(N3CCN(C)CC3)CC2)c1. The van der Waals surface area contributed by atoms with E-state index in [2.05, 4.69) is 28.2 Å². The zero-order valence-electron chi connectivity index (χ0n) is 27.5. The third kappa shape index (κ3) is 7.66. The van der Waals surface area contributed by atoms with Gasteiger partial charge in [0.2, 0.25) is 11.8 Å². The molecular formula is C36H50N6O4. The number of ether oxygens (including phenoxy) is 1. The maximum absolute atomic E-state index is 14.1. The maximum atomic E-state index is 14.1. The van der Waals surface area contributed by atoms with Crippen molar-refractivity contribution in [3.63, 3.8) is 0 Å². The fourth-order valence-electron chi connectivity index (χ4n) is 7.64. The molecule has 1 atom stereocenters. The van der Waals surface area contributed by atoms with Crippen LogP contribution in [0.1, 0.15) is 50.2 Å². The number of fused-ring (bicyclic) bond motifs is 1. The predicted molar refractivity (Wildman–Crippen MR) is 179 cm³/mol. The molecule has 3 fully saturated rings. The van der Waals surface area contributed by atoms with Gasteiger partial charge in [0, 0.05) is 83.1 Å². The van der Waals surface area contributed by atoms with Crippen LogP contribution in [0.5, 0.6) is 5.75 Å². The molecule has 10 nitrogen and oxygen atoms in total. The molecule has 0 saturated carbocycles. The summed E-state index contributed by atoms with van der Waals surface area (Å²) in [5.74, 6) is 0.479. The van der Waals surface area contributed by atoms with E-state index in [9.17, 15) is 14.4 Å². The number of hydrogen-bond donors (Lipinski definition) is 1. The molecule has 0 radical (unpaired) electrons. The van der Waals surface area contributed by atoms with Crippen molar-refractivity contribution in [2.24, 2.45) is 5.92 Å². The van der Waals surface area contributed by atoms with Crippen molar-refractivity contribution in [1.29, 1.82) is 0 Å². The quantitative estimate of drug-likeness (QED) is 0.452. The van der Waals surface area contributed by atoms with Crippen molar-refractivity contribution < 1.29 is 19.1 Å². The van der Waals surface area contributed by atoms with Crippen molar-refractivity contribution in [3.05, 3.63) is 59.7 Å². The van der Waals surface area contributed by atoms with Crippen LogP contribution >= 0.6 is 0 Å². The number of piperazine rings is 1. The number of para-hydroxylation sites is 1. The molecule has 0 aliphatic carbocycles. The van der Waals surface area contributed by atoms with E-state index in [4.69, 9.17) is 4.74 Å². The number of likely N-dealkylation sites (tertiary alicyclic amines) is 2. The number of amides is 4. The molecule has 1 N–H and O–H groups in total. The van der Waals surface area contributed by atoms with Crippen LogP contribution in [0.3, 0.4) is 0 Å². The minimum atomic E-state index is -0.424. The first-order valence-corrected chi connectivity index (χ1v) is 17.2. The fraction of sp³-hybridized carbons (Fsp3) is 0.583. The molecule has 46 heavy (non-hydrogen) atoms. The summed E-state index contributed by atoms with van der Waals surface area (Å²) in [5.41, 5.74) is 3.00. The Labute approximate surface area is 273 Å². The molecule has 6 rings (SSSR count). The zero-order valence-corrected chi connectivity index (χ0v) is 27.5. The highest BCUT2D eigenvalue weighted by molar-refractivity contribution is 5.92. The van der Waals surface area contributed by atoms with E-state index in [0.717, 1.165) is 87.5 Å². The van der Waals surface area contributed by atoms with Gasteiger partial charge in [-0.15, -0.1) is 0 Å². The Morgan fingerprint density at radius 3 is 2.30 bits per heavy atom. The number of nitrogens with zero attached hydrogens (tertiary/aromatic N) is 5. The molecule has 2 aromatic rings. The molecule has 4 heterocycles. The number of anilines is 1. The third-order valence-electron chi connectivity index (χ3n) is 10.4. The van der Waals surface area contributed by atoms with Gasteiger partial charge in [0.05, 0.1) is 12.5 Å². The van der Waals surface area contributed by atoms with Gasteiger partial charge in [-0.1, -0.05) is 30.3 Å². The first kappa shape index (κ1) is 32.3. The second kappa shape index (κ2) is 14.9. The Morgan fingerprint density at radius 1 is 0.870 bits per heavy atom. The Morgan fingerprint density at radius 2 is 1.57 bits per heavy atom. The summed E-state index contributed by atoms with van der Waals surface area (Å²) < 4.78 is 5.73. The standard InChI is InChI=1S/C36H50N6O4/c1-3-46-32-9-6-7-27(24-32)23-29(35(44)41-17-11-30(12-18-41)39-21-19-38(2)20-22-39)25-34(43)40-15-13-31(14-16-40)42-26-28-8-4-5-10-33(28)37-36(42)45/h4-10,24,29-31H,3,11-23,25-26H2,1-2H3,(H,37,45). The number of carbonyl (C=O) groups is 3. The van der Waals surface area contributed by atoms with Gasteiger partial charge >= 0.3 is 6.03 Å². The second-order valence-corrected chi connectivity index (χ2v) is 13.4. The Balaban J connectivity index is 1.08. The van der Waals surface area contributed by atoms with E-state index in [1.165, 1.54) is 0 Å². The van der Waals surface area contributed by atoms with Gasteiger partial charge in [0.1, 0.15) is 5.75 Å². The van der Waals surface area contributed by atoms with Gasteiger partial charge in [-0.3, -0.25) is 14.5 Å². The highest BCUT2D eigenvalue weighted by Crippen LogP contribution is 2.29. The van der Waals surface area contributed by atoms with Crippen LogP contribution in [0.2, 0.25) is 0 Å². The molecule has 248 valence electrons. The van der Waals surface area contributed by atoms with Crippen molar-refractivity contribution in [3.8, 4) is 5.75 Å². The molecular weight excluding hydrogens is 580 g/mol.